The summed E-state index contributed by atoms with van der Waals surface area (Å²) >= 11 is 12.8. The fraction of sp³-hybridized carbons (Fsp3) is 0.292. The summed E-state index contributed by atoms with van der Waals surface area (Å²) in [6, 6.07) is 13.0. The Kier molecular flexibility index (Phi) is 9.17. The van der Waals surface area contributed by atoms with E-state index in [1.165, 1.54) is 23.8 Å². The first-order valence-corrected chi connectivity index (χ1v) is 12.0. The predicted octanol–water partition coefficient (Wildman–Crippen LogP) is 5.47. The number of hydrogen-bond donors (Lipinski definition) is 0. The first-order valence-electron chi connectivity index (χ1n) is 10.4. The van der Waals surface area contributed by atoms with E-state index in [0.29, 0.717) is 51.9 Å². The summed E-state index contributed by atoms with van der Waals surface area (Å²) in [5, 5.41) is 0.640. The predicted molar refractivity (Wildman–Crippen MR) is 135 cm³/mol. The Morgan fingerprint density at radius 3 is 2.70 bits per heavy atom. The van der Waals surface area contributed by atoms with E-state index in [-0.39, 0.29) is 18.3 Å². The molecule has 6 nitrogen and oxygen atoms in total. The number of carbonyl (C=O) groups is 2. The average Bonchev–Trinajstić information content (AvgIpc) is 3.07. The van der Waals surface area contributed by atoms with Crippen molar-refractivity contribution in [3.63, 3.8) is 0 Å². The molecule has 3 rings (SSSR count). The van der Waals surface area contributed by atoms with Crippen molar-refractivity contribution >= 4 is 57.9 Å². The number of thioether (sulfide) groups is 1. The van der Waals surface area contributed by atoms with Crippen molar-refractivity contribution in [1.29, 1.82) is 0 Å². The maximum atomic E-state index is 12.8. The SMILES string of the molecule is CCOc1cc(/C=C2\SC(=S)N(CCCC(=O)OC)C2=O)ccc1OCc1ccccc1Cl. The lowest BCUT2D eigenvalue weighted by molar-refractivity contribution is -0.141. The third kappa shape index (κ3) is 6.72. The Hall–Kier alpha value is -2.55. The lowest BCUT2D eigenvalue weighted by Crippen LogP contribution is -2.29. The van der Waals surface area contributed by atoms with Crippen molar-refractivity contribution < 1.29 is 23.8 Å². The summed E-state index contributed by atoms with van der Waals surface area (Å²) in [5.41, 5.74) is 1.67. The molecule has 9 heteroatoms. The van der Waals surface area contributed by atoms with Crippen LogP contribution in [0.2, 0.25) is 5.02 Å². The van der Waals surface area contributed by atoms with Crippen LogP contribution in [0.1, 0.15) is 30.9 Å². The van der Waals surface area contributed by atoms with Crippen LogP contribution < -0.4 is 9.47 Å². The Morgan fingerprint density at radius 1 is 1.18 bits per heavy atom. The number of benzene rings is 2. The van der Waals surface area contributed by atoms with Gasteiger partial charge in [-0.3, -0.25) is 14.5 Å². The molecule has 2 aromatic carbocycles. The third-order valence-corrected chi connectivity index (χ3v) is 6.52. The highest BCUT2D eigenvalue weighted by molar-refractivity contribution is 8.26. The largest absolute Gasteiger partial charge is 0.490 e. The van der Waals surface area contributed by atoms with Gasteiger partial charge in [-0.05, 0) is 43.2 Å². The van der Waals surface area contributed by atoms with E-state index in [2.05, 4.69) is 4.74 Å². The van der Waals surface area contributed by atoms with Crippen molar-refractivity contribution in [1.82, 2.24) is 4.90 Å². The molecule has 1 heterocycles. The van der Waals surface area contributed by atoms with Gasteiger partial charge in [0.25, 0.3) is 5.91 Å². The van der Waals surface area contributed by atoms with Gasteiger partial charge in [0.15, 0.2) is 11.5 Å². The standard InChI is InChI=1S/C24H24ClNO5S2/c1-3-30-20-13-16(10-11-19(20)31-15-17-7-4-5-8-18(17)25)14-21-23(28)26(24(32)33-21)12-6-9-22(27)29-2/h4-5,7-8,10-11,13-14H,3,6,9,12,15H2,1-2H3/b21-14-. The van der Waals surface area contributed by atoms with E-state index in [1.807, 2.05) is 49.4 Å². The molecule has 1 fully saturated rings. The van der Waals surface area contributed by atoms with E-state index in [4.69, 9.17) is 33.3 Å². The van der Waals surface area contributed by atoms with Gasteiger partial charge in [0.2, 0.25) is 0 Å². The number of amides is 1. The van der Waals surface area contributed by atoms with Gasteiger partial charge in [-0.2, -0.15) is 0 Å². The topological polar surface area (TPSA) is 65.1 Å². The van der Waals surface area contributed by atoms with Crippen molar-refractivity contribution in [2.45, 2.75) is 26.4 Å². The molecule has 0 N–H and O–H groups in total. The molecule has 1 aliphatic heterocycles. The maximum absolute atomic E-state index is 12.8. The normalized spacial score (nSPS) is 14.6. The van der Waals surface area contributed by atoms with Crippen LogP contribution in [0.5, 0.6) is 11.5 Å². The second kappa shape index (κ2) is 12.1. The van der Waals surface area contributed by atoms with Gasteiger partial charge < -0.3 is 14.2 Å². The van der Waals surface area contributed by atoms with Crippen molar-refractivity contribution in [3.8, 4) is 11.5 Å². The molecule has 0 radical (unpaired) electrons. The van der Waals surface area contributed by atoms with Crippen LogP contribution in [0.4, 0.5) is 0 Å². The van der Waals surface area contributed by atoms with Crippen LogP contribution in [0.3, 0.4) is 0 Å². The summed E-state index contributed by atoms with van der Waals surface area (Å²) in [5.74, 6) is 0.680. The van der Waals surface area contributed by atoms with Gasteiger partial charge in [-0.25, -0.2) is 0 Å². The number of ether oxygens (including phenoxy) is 3. The lowest BCUT2D eigenvalue weighted by atomic mass is 10.1. The Balaban J connectivity index is 1.71. The number of nitrogens with zero attached hydrogens (tertiary/aromatic N) is 1. The van der Waals surface area contributed by atoms with Gasteiger partial charge in [-0.15, -0.1) is 0 Å². The van der Waals surface area contributed by atoms with Crippen molar-refractivity contribution in [3.05, 3.63) is 63.5 Å². The molecule has 1 saturated heterocycles. The highest BCUT2D eigenvalue weighted by Crippen LogP contribution is 2.35. The second-order valence-electron chi connectivity index (χ2n) is 7.03. The molecule has 1 aliphatic rings. The van der Waals surface area contributed by atoms with Crippen LogP contribution in [0, 0.1) is 0 Å². The fourth-order valence-corrected chi connectivity index (χ4v) is 4.60. The van der Waals surface area contributed by atoms with Crippen molar-refractivity contribution in [2.75, 3.05) is 20.3 Å². The summed E-state index contributed by atoms with van der Waals surface area (Å²) in [4.78, 5) is 26.1. The molecule has 0 aromatic heterocycles. The number of esters is 1. The van der Waals surface area contributed by atoms with Crippen LogP contribution in [0.15, 0.2) is 47.4 Å². The van der Waals surface area contributed by atoms with Crippen LogP contribution >= 0.6 is 35.6 Å². The monoisotopic (exact) mass is 505 g/mol. The molecular weight excluding hydrogens is 482 g/mol. The smallest absolute Gasteiger partial charge is 0.305 e. The molecule has 0 unspecified atom stereocenters. The molecule has 2 aromatic rings. The Morgan fingerprint density at radius 2 is 1.97 bits per heavy atom. The summed E-state index contributed by atoms with van der Waals surface area (Å²) in [6.07, 6.45) is 2.50. The Bertz CT molecular complexity index is 1070. The van der Waals surface area contributed by atoms with Crippen molar-refractivity contribution in [2.24, 2.45) is 0 Å². The van der Waals surface area contributed by atoms with Gasteiger partial charge in [0.05, 0.1) is 18.6 Å². The highest BCUT2D eigenvalue weighted by atomic mass is 35.5. The number of halogens is 1. The van der Waals surface area contributed by atoms with E-state index in [0.717, 1.165) is 11.1 Å². The van der Waals surface area contributed by atoms with Gasteiger partial charge in [0, 0.05) is 23.6 Å². The number of methoxy groups -OCH3 is 1. The molecular formula is C24H24ClNO5S2. The number of hydrogen-bond acceptors (Lipinski definition) is 7. The molecule has 0 aliphatic carbocycles. The van der Waals surface area contributed by atoms with E-state index in [1.54, 1.807) is 6.08 Å². The van der Waals surface area contributed by atoms with Crippen LogP contribution in [-0.2, 0) is 20.9 Å². The number of carbonyl (C=O) groups excluding carboxylic acids is 2. The lowest BCUT2D eigenvalue weighted by Gasteiger charge is -2.14. The van der Waals surface area contributed by atoms with E-state index < -0.39 is 0 Å². The summed E-state index contributed by atoms with van der Waals surface area (Å²) in [6.45, 7) is 3.04. The molecule has 0 atom stereocenters. The quantitative estimate of drug-likeness (QED) is 0.241. The minimum atomic E-state index is -0.309. The fourth-order valence-electron chi connectivity index (χ4n) is 3.10. The minimum absolute atomic E-state index is 0.174. The third-order valence-electron chi connectivity index (χ3n) is 4.77. The van der Waals surface area contributed by atoms with Gasteiger partial charge in [-0.1, -0.05) is 59.8 Å². The van der Waals surface area contributed by atoms with E-state index >= 15 is 0 Å². The van der Waals surface area contributed by atoms with Gasteiger partial charge >= 0.3 is 5.97 Å². The molecule has 0 spiro atoms. The first-order chi connectivity index (χ1) is 15.9. The van der Waals surface area contributed by atoms with Gasteiger partial charge in [0.1, 0.15) is 10.9 Å². The molecule has 174 valence electrons. The highest BCUT2D eigenvalue weighted by Gasteiger charge is 2.31. The second-order valence-corrected chi connectivity index (χ2v) is 9.12. The number of rotatable bonds is 10. The zero-order valence-electron chi connectivity index (χ0n) is 18.3. The van der Waals surface area contributed by atoms with Crippen LogP contribution in [0.25, 0.3) is 6.08 Å². The molecule has 33 heavy (non-hydrogen) atoms. The molecule has 0 saturated carbocycles. The first kappa shape index (κ1) is 25.1. The minimum Gasteiger partial charge on any atom is -0.490 e. The van der Waals surface area contributed by atoms with E-state index in [9.17, 15) is 9.59 Å². The zero-order valence-corrected chi connectivity index (χ0v) is 20.7. The molecule has 1 amide bonds. The average molecular weight is 506 g/mol. The summed E-state index contributed by atoms with van der Waals surface area (Å²) < 4.78 is 16.8. The summed E-state index contributed by atoms with van der Waals surface area (Å²) in [7, 11) is 1.34. The van der Waals surface area contributed by atoms with Crippen LogP contribution in [-0.4, -0.2) is 41.4 Å². The Labute approximate surface area is 207 Å². The number of thiocarbonyl (C=S) groups is 1. The maximum Gasteiger partial charge on any atom is 0.305 e. The molecule has 0 bridgehead atoms. The zero-order chi connectivity index (χ0) is 23.8.